The molecular weight excluding hydrogens is 168 g/mol. The molecule has 0 spiro atoms. The number of hydrogen-bond acceptors (Lipinski definition) is 3. The van der Waals surface area contributed by atoms with Gasteiger partial charge in [-0.3, -0.25) is 9.00 Å². The second-order valence-corrected chi connectivity index (χ2v) is 3.41. The minimum Gasteiger partial charge on any atom is -0.772 e. The summed E-state index contributed by atoms with van der Waals surface area (Å²) < 4.78 is 20.0. The summed E-state index contributed by atoms with van der Waals surface area (Å²) in [4.78, 5) is 10.2. The summed E-state index contributed by atoms with van der Waals surface area (Å²) in [5.74, 6) is -1.27. The molecule has 0 amide bonds. The van der Waals surface area contributed by atoms with Crippen LogP contribution < -0.4 is 0 Å². The van der Waals surface area contributed by atoms with Crippen LogP contribution in [-0.2, 0) is 15.9 Å². The molecule has 0 saturated heterocycles. The molecule has 0 bridgehead atoms. The first-order valence-electron chi connectivity index (χ1n) is 3.32. The van der Waals surface area contributed by atoms with Crippen LogP contribution in [0.3, 0.4) is 0 Å². The summed E-state index contributed by atoms with van der Waals surface area (Å²) in [6.07, 6.45) is 0.840. The fourth-order valence-electron chi connectivity index (χ4n) is 0.631. The third kappa shape index (κ3) is 6.00. The van der Waals surface area contributed by atoms with Gasteiger partial charge in [-0.15, -0.1) is 0 Å². The summed E-state index contributed by atoms with van der Waals surface area (Å²) in [7, 11) is 0. The molecule has 0 aromatic rings. The Bertz CT molecular complexity index is 157. The van der Waals surface area contributed by atoms with E-state index in [0.717, 1.165) is 0 Å². The summed E-state index contributed by atoms with van der Waals surface area (Å²) >= 11 is -2.04. The lowest BCUT2D eigenvalue weighted by Crippen LogP contribution is -2.10. The van der Waals surface area contributed by atoms with Gasteiger partial charge in [0.05, 0.1) is 5.92 Å². The number of aliphatic carboxylic acids is 1. The summed E-state index contributed by atoms with van der Waals surface area (Å²) in [6, 6.07) is 0. The van der Waals surface area contributed by atoms with Gasteiger partial charge < -0.3 is 9.66 Å². The van der Waals surface area contributed by atoms with Gasteiger partial charge in [-0.25, -0.2) is 0 Å². The largest absolute Gasteiger partial charge is 0.772 e. The van der Waals surface area contributed by atoms with E-state index in [4.69, 9.17) is 5.11 Å². The lowest BCUT2D eigenvalue weighted by molar-refractivity contribution is -0.141. The van der Waals surface area contributed by atoms with Crippen LogP contribution in [0.25, 0.3) is 0 Å². The van der Waals surface area contributed by atoms with E-state index in [9.17, 15) is 13.6 Å². The van der Waals surface area contributed by atoms with E-state index < -0.39 is 23.0 Å². The van der Waals surface area contributed by atoms with Gasteiger partial charge in [-0.05, 0) is 12.8 Å². The van der Waals surface area contributed by atoms with Gasteiger partial charge in [0, 0.05) is 5.75 Å². The predicted octanol–water partition coefficient (Wildman–Crippen LogP) is 0.366. The second-order valence-electron chi connectivity index (χ2n) is 2.39. The fourth-order valence-corrected chi connectivity index (χ4v) is 1.03. The molecular formula is C6H11O4S-. The van der Waals surface area contributed by atoms with Crippen LogP contribution >= 0.6 is 0 Å². The van der Waals surface area contributed by atoms with Crippen molar-refractivity contribution in [2.24, 2.45) is 5.92 Å². The summed E-state index contributed by atoms with van der Waals surface area (Å²) in [5.41, 5.74) is 0. The molecule has 5 heteroatoms. The highest BCUT2D eigenvalue weighted by atomic mass is 32.2. The monoisotopic (exact) mass is 179 g/mol. The minimum atomic E-state index is -2.04. The Morgan fingerprint density at radius 2 is 2.27 bits per heavy atom. The van der Waals surface area contributed by atoms with Crippen LogP contribution in [0.5, 0.6) is 0 Å². The highest BCUT2D eigenvalue weighted by Gasteiger charge is 2.09. The maximum atomic E-state index is 10.2. The van der Waals surface area contributed by atoms with Gasteiger partial charge in [0.2, 0.25) is 0 Å². The Labute approximate surface area is 67.9 Å². The van der Waals surface area contributed by atoms with Crippen LogP contribution in [0.4, 0.5) is 0 Å². The minimum absolute atomic E-state index is 0.0532. The third-order valence-electron chi connectivity index (χ3n) is 1.37. The molecule has 0 aliphatic heterocycles. The van der Waals surface area contributed by atoms with Crippen molar-refractivity contribution in [3.63, 3.8) is 0 Å². The van der Waals surface area contributed by atoms with E-state index >= 15 is 0 Å². The molecule has 11 heavy (non-hydrogen) atoms. The Kier molecular flexibility index (Phi) is 5.06. The Balaban J connectivity index is 3.39. The van der Waals surface area contributed by atoms with Crippen molar-refractivity contribution < 1.29 is 18.7 Å². The van der Waals surface area contributed by atoms with Gasteiger partial charge in [-0.1, -0.05) is 18.0 Å². The SMILES string of the molecule is CC(CCCS(=O)[O-])C(=O)O. The summed E-state index contributed by atoms with van der Waals surface area (Å²) in [6.45, 7) is 1.57. The van der Waals surface area contributed by atoms with Crippen molar-refractivity contribution in [1.82, 2.24) is 0 Å². The number of carboxylic acids is 1. The average molecular weight is 179 g/mol. The zero-order chi connectivity index (χ0) is 8.85. The maximum Gasteiger partial charge on any atom is 0.306 e. The molecule has 0 rings (SSSR count). The molecule has 2 atom stereocenters. The average Bonchev–Trinajstić information content (AvgIpc) is 1.86. The molecule has 0 aliphatic carbocycles. The van der Waals surface area contributed by atoms with Gasteiger partial charge in [0.1, 0.15) is 0 Å². The Morgan fingerprint density at radius 1 is 1.73 bits per heavy atom. The molecule has 0 fully saturated rings. The highest BCUT2D eigenvalue weighted by molar-refractivity contribution is 7.79. The zero-order valence-corrected chi connectivity index (χ0v) is 7.10. The molecule has 0 heterocycles. The van der Waals surface area contributed by atoms with Crippen molar-refractivity contribution in [1.29, 1.82) is 0 Å². The van der Waals surface area contributed by atoms with Crippen molar-refractivity contribution in [2.75, 3.05) is 5.75 Å². The van der Waals surface area contributed by atoms with Crippen LogP contribution in [0.15, 0.2) is 0 Å². The first-order chi connectivity index (χ1) is 5.04. The van der Waals surface area contributed by atoms with Crippen LogP contribution in [0, 0.1) is 5.92 Å². The van der Waals surface area contributed by atoms with E-state index in [1.54, 1.807) is 6.92 Å². The topological polar surface area (TPSA) is 77.4 Å². The van der Waals surface area contributed by atoms with E-state index in [2.05, 4.69) is 0 Å². The van der Waals surface area contributed by atoms with Crippen LogP contribution in [0.2, 0.25) is 0 Å². The predicted molar refractivity (Wildman–Crippen MR) is 39.8 cm³/mol. The van der Waals surface area contributed by atoms with Gasteiger partial charge >= 0.3 is 5.97 Å². The molecule has 0 radical (unpaired) electrons. The van der Waals surface area contributed by atoms with E-state index in [0.29, 0.717) is 12.8 Å². The van der Waals surface area contributed by atoms with E-state index in [1.165, 1.54) is 0 Å². The van der Waals surface area contributed by atoms with E-state index in [-0.39, 0.29) is 5.75 Å². The number of carbonyl (C=O) groups is 1. The van der Waals surface area contributed by atoms with Gasteiger partial charge in [-0.2, -0.15) is 0 Å². The van der Waals surface area contributed by atoms with Crippen LogP contribution in [-0.4, -0.2) is 25.6 Å². The lowest BCUT2D eigenvalue weighted by atomic mass is 10.1. The second kappa shape index (κ2) is 5.26. The van der Waals surface area contributed by atoms with Gasteiger partial charge in [0.25, 0.3) is 0 Å². The molecule has 1 N–H and O–H groups in total. The molecule has 0 aliphatic rings. The smallest absolute Gasteiger partial charge is 0.306 e. The van der Waals surface area contributed by atoms with Crippen molar-refractivity contribution in [3.8, 4) is 0 Å². The highest BCUT2D eigenvalue weighted by Crippen LogP contribution is 2.05. The lowest BCUT2D eigenvalue weighted by Gasteiger charge is -2.06. The van der Waals surface area contributed by atoms with E-state index in [1.807, 2.05) is 0 Å². The molecule has 4 nitrogen and oxygen atoms in total. The Hall–Kier alpha value is -0.420. The molecule has 66 valence electrons. The molecule has 0 aromatic heterocycles. The third-order valence-corrected chi connectivity index (χ3v) is 1.99. The molecule has 0 aromatic carbocycles. The quantitative estimate of drug-likeness (QED) is 0.618. The zero-order valence-electron chi connectivity index (χ0n) is 6.28. The normalized spacial score (nSPS) is 15.8. The molecule has 0 saturated carbocycles. The van der Waals surface area contributed by atoms with Crippen LogP contribution in [0.1, 0.15) is 19.8 Å². The standard InChI is InChI=1S/C6H12O4S/c1-5(6(7)8)3-2-4-11(9)10/h5H,2-4H2,1H3,(H,7,8)(H,9,10)/p-1. The Morgan fingerprint density at radius 3 is 2.64 bits per heavy atom. The number of rotatable bonds is 5. The summed E-state index contributed by atoms with van der Waals surface area (Å²) in [5, 5.41) is 8.39. The van der Waals surface area contributed by atoms with Crippen molar-refractivity contribution in [3.05, 3.63) is 0 Å². The van der Waals surface area contributed by atoms with Gasteiger partial charge in [0.15, 0.2) is 0 Å². The first kappa shape index (κ1) is 10.6. The number of carboxylic acid groups (broad SMARTS) is 1. The van der Waals surface area contributed by atoms with Crippen molar-refractivity contribution >= 4 is 17.0 Å². The fraction of sp³-hybridized carbons (Fsp3) is 0.833. The van der Waals surface area contributed by atoms with Crippen molar-refractivity contribution in [2.45, 2.75) is 19.8 Å². The first-order valence-corrected chi connectivity index (χ1v) is 4.57. The number of hydrogen-bond donors (Lipinski definition) is 1. The molecule has 2 unspecified atom stereocenters. The maximum absolute atomic E-state index is 10.2.